The summed E-state index contributed by atoms with van der Waals surface area (Å²) < 4.78 is 0. The lowest BCUT2D eigenvalue weighted by Crippen LogP contribution is -2.36. The number of nitrogens with zero attached hydrogens (tertiary/aromatic N) is 1. The average molecular weight is 311 g/mol. The van der Waals surface area contributed by atoms with Gasteiger partial charge in [0.2, 0.25) is 0 Å². The Balaban J connectivity index is 1.97. The fraction of sp³-hybridized carbons (Fsp3) is 0.647. The van der Waals surface area contributed by atoms with Crippen molar-refractivity contribution in [2.24, 2.45) is 11.8 Å². The fourth-order valence-corrected chi connectivity index (χ4v) is 3.06. The summed E-state index contributed by atoms with van der Waals surface area (Å²) in [5, 5.41) is 13.6. The number of benzene rings is 1. The van der Waals surface area contributed by atoms with Gasteiger partial charge >= 0.3 is 0 Å². The van der Waals surface area contributed by atoms with E-state index in [9.17, 15) is 5.11 Å². The summed E-state index contributed by atoms with van der Waals surface area (Å²) in [6.07, 6.45) is 2.26. The molecule has 1 fully saturated rings. The van der Waals surface area contributed by atoms with E-state index in [1.54, 1.807) is 0 Å². The van der Waals surface area contributed by atoms with Crippen LogP contribution in [0.15, 0.2) is 18.2 Å². The van der Waals surface area contributed by atoms with Gasteiger partial charge in [0.1, 0.15) is 0 Å². The van der Waals surface area contributed by atoms with Crippen molar-refractivity contribution in [1.29, 1.82) is 0 Å². The Morgan fingerprint density at radius 1 is 1.43 bits per heavy atom. The number of nitrogens with one attached hydrogen (secondary N) is 1. The molecular formula is C17H27ClN2O. The van der Waals surface area contributed by atoms with E-state index in [1.807, 2.05) is 0 Å². The highest BCUT2D eigenvalue weighted by Crippen LogP contribution is 2.27. The van der Waals surface area contributed by atoms with Gasteiger partial charge in [-0.3, -0.25) is 0 Å². The van der Waals surface area contributed by atoms with Gasteiger partial charge < -0.3 is 15.3 Å². The van der Waals surface area contributed by atoms with Crippen LogP contribution in [0.4, 0.5) is 5.69 Å². The topological polar surface area (TPSA) is 35.5 Å². The zero-order chi connectivity index (χ0) is 15.2. The van der Waals surface area contributed by atoms with Crippen LogP contribution in [0.5, 0.6) is 0 Å². The molecule has 1 heterocycles. The lowest BCUT2D eigenvalue weighted by molar-refractivity contribution is 0.209. The van der Waals surface area contributed by atoms with Crippen molar-refractivity contribution in [3.63, 3.8) is 0 Å². The number of aliphatic hydroxyl groups excluding tert-OH is 1. The third kappa shape index (κ3) is 4.87. The molecular weight excluding hydrogens is 284 g/mol. The van der Waals surface area contributed by atoms with E-state index < -0.39 is 0 Å². The first-order chi connectivity index (χ1) is 10.1. The van der Waals surface area contributed by atoms with Gasteiger partial charge in [-0.05, 0) is 48.9 Å². The predicted molar refractivity (Wildman–Crippen MR) is 90.0 cm³/mol. The second-order valence-electron chi connectivity index (χ2n) is 6.44. The third-order valence-electron chi connectivity index (χ3n) is 4.05. The second-order valence-corrected chi connectivity index (χ2v) is 6.84. The van der Waals surface area contributed by atoms with Gasteiger partial charge in [0.05, 0.1) is 0 Å². The first kappa shape index (κ1) is 16.6. The Morgan fingerprint density at radius 2 is 2.24 bits per heavy atom. The van der Waals surface area contributed by atoms with Crippen LogP contribution >= 0.6 is 11.6 Å². The molecule has 0 amide bonds. The Bertz CT molecular complexity index is 450. The van der Waals surface area contributed by atoms with Gasteiger partial charge in [0, 0.05) is 37.0 Å². The van der Waals surface area contributed by atoms with E-state index in [1.165, 1.54) is 5.69 Å². The minimum absolute atomic E-state index is 0.279. The minimum Gasteiger partial charge on any atom is -0.396 e. The van der Waals surface area contributed by atoms with Crippen LogP contribution in [0, 0.1) is 11.8 Å². The average Bonchev–Trinajstić information content (AvgIpc) is 2.48. The first-order valence-corrected chi connectivity index (χ1v) is 8.33. The summed E-state index contributed by atoms with van der Waals surface area (Å²) in [6.45, 7) is 8.48. The van der Waals surface area contributed by atoms with E-state index in [0.29, 0.717) is 11.8 Å². The Hall–Kier alpha value is -0.770. The van der Waals surface area contributed by atoms with Crippen molar-refractivity contribution in [3.05, 3.63) is 28.8 Å². The zero-order valence-electron chi connectivity index (χ0n) is 13.1. The maximum Gasteiger partial charge on any atom is 0.0476 e. The maximum atomic E-state index is 9.34. The van der Waals surface area contributed by atoms with Crippen molar-refractivity contribution in [2.45, 2.75) is 33.2 Å². The highest BCUT2D eigenvalue weighted by Gasteiger charge is 2.19. The number of aliphatic hydroxyl groups is 1. The molecule has 0 aliphatic carbocycles. The highest BCUT2D eigenvalue weighted by atomic mass is 35.5. The van der Waals surface area contributed by atoms with E-state index >= 15 is 0 Å². The van der Waals surface area contributed by atoms with E-state index in [0.717, 1.165) is 49.6 Å². The Kier molecular flexibility index (Phi) is 6.34. The summed E-state index contributed by atoms with van der Waals surface area (Å²) in [6, 6.07) is 6.33. The summed E-state index contributed by atoms with van der Waals surface area (Å²) in [5.41, 5.74) is 2.32. The lowest BCUT2D eigenvalue weighted by atomic mass is 9.98. The molecule has 1 aromatic carbocycles. The van der Waals surface area contributed by atoms with Gasteiger partial charge in [-0.1, -0.05) is 31.5 Å². The fourth-order valence-electron chi connectivity index (χ4n) is 2.82. The molecule has 0 spiro atoms. The van der Waals surface area contributed by atoms with Crippen molar-refractivity contribution < 1.29 is 5.11 Å². The molecule has 1 atom stereocenters. The van der Waals surface area contributed by atoms with Crippen LogP contribution in [-0.2, 0) is 6.54 Å². The lowest BCUT2D eigenvalue weighted by Gasteiger charge is -2.33. The molecule has 2 rings (SSSR count). The van der Waals surface area contributed by atoms with Gasteiger partial charge in [0.15, 0.2) is 0 Å². The van der Waals surface area contributed by atoms with Gasteiger partial charge in [-0.15, -0.1) is 0 Å². The van der Waals surface area contributed by atoms with Crippen LogP contribution in [0.2, 0.25) is 5.02 Å². The number of anilines is 1. The molecule has 1 saturated heterocycles. The SMILES string of the molecule is CC(C)CNCc1ccc(N2CCCC(CO)C2)cc1Cl. The van der Waals surface area contributed by atoms with Gasteiger partial charge in [-0.2, -0.15) is 0 Å². The Morgan fingerprint density at radius 3 is 2.90 bits per heavy atom. The van der Waals surface area contributed by atoms with Crippen molar-refractivity contribution in [2.75, 3.05) is 31.1 Å². The molecule has 0 aromatic heterocycles. The van der Waals surface area contributed by atoms with Crippen LogP contribution in [-0.4, -0.2) is 31.3 Å². The summed E-state index contributed by atoms with van der Waals surface area (Å²) in [7, 11) is 0. The smallest absolute Gasteiger partial charge is 0.0476 e. The molecule has 0 radical (unpaired) electrons. The van der Waals surface area contributed by atoms with Crippen LogP contribution < -0.4 is 10.2 Å². The molecule has 0 bridgehead atoms. The number of hydrogen-bond acceptors (Lipinski definition) is 3. The number of halogens is 1. The summed E-state index contributed by atoms with van der Waals surface area (Å²) in [5.74, 6) is 1.04. The molecule has 1 aliphatic heterocycles. The summed E-state index contributed by atoms with van der Waals surface area (Å²) in [4.78, 5) is 2.33. The molecule has 4 heteroatoms. The van der Waals surface area contributed by atoms with Crippen molar-refractivity contribution >= 4 is 17.3 Å². The van der Waals surface area contributed by atoms with Crippen LogP contribution in [0.25, 0.3) is 0 Å². The molecule has 1 aliphatic rings. The molecule has 1 aromatic rings. The molecule has 3 nitrogen and oxygen atoms in total. The zero-order valence-corrected chi connectivity index (χ0v) is 13.9. The maximum absolute atomic E-state index is 9.34. The quantitative estimate of drug-likeness (QED) is 0.846. The van der Waals surface area contributed by atoms with Crippen molar-refractivity contribution in [3.8, 4) is 0 Å². The van der Waals surface area contributed by atoms with E-state index in [2.05, 4.69) is 42.3 Å². The molecule has 2 N–H and O–H groups in total. The molecule has 1 unspecified atom stereocenters. The Labute approximate surface area is 133 Å². The van der Waals surface area contributed by atoms with E-state index in [4.69, 9.17) is 11.6 Å². The van der Waals surface area contributed by atoms with Crippen molar-refractivity contribution in [1.82, 2.24) is 5.32 Å². The third-order valence-corrected chi connectivity index (χ3v) is 4.40. The largest absolute Gasteiger partial charge is 0.396 e. The monoisotopic (exact) mass is 310 g/mol. The predicted octanol–water partition coefficient (Wildman–Crippen LogP) is 3.29. The minimum atomic E-state index is 0.279. The van der Waals surface area contributed by atoms with Crippen LogP contribution in [0.1, 0.15) is 32.3 Å². The standard InChI is InChI=1S/C17H27ClN2O/c1-13(2)9-19-10-15-5-6-16(8-17(15)18)20-7-3-4-14(11-20)12-21/h5-6,8,13-14,19,21H,3-4,7,9-12H2,1-2H3. The van der Waals surface area contributed by atoms with Gasteiger partial charge in [-0.25, -0.2) is 0 Å². The number of hydrogen-bond donors (Lipinski definition) is 2. The second kappa shape index (κ2) is 8.02. The molecule has 21 heavy (non-hydrogen) atoms. The van der Waals surface area contributed by atoms with E-state index in [-0.39, 0.29) is 6.61 Å². The number of piperidine rings is 1. The van der Waals surface area contributed by atoms with Gasteiger partial charge in [0.25, 0.3) is 0 Å². The normalized spacial score (nSPS) is 19.3. The molecule has 0 saturated carbocycles. The highest BCUT2D eigenvalue weighted by molar-refractivity contribution is 6.31. The van der Waals surface area contributed by atoms with Crippen LogP contribution in [0.3, 0.4) is 0 Å². The molecule has 118 valence electrons. The first-order valence-electron chi connectivity index (χ1n) is 7.95. The number of rotatable bonds is 6. The summed E-state index contributed by atoms with van der Waals surface area (Å²) >= 11 is 6.42.